The number of hydrogen-bond acceptors (Lipinski definition) is 5. The van der Waals surface area contributed by atoms with Crippen molar-refractivity contribution in [3.63, 3.8) is 0 Å². The fraction of sp³-hybridized carbons (Fsp3) is 0.350. The zero-order chi connectivity index (χ0) is 20.1. The number of esters is 1. The summed E-state index contributed by atoms with van der Waals surface area (Å²) in [5.74, 6) is -0.489. The lowest BCUT2D eigenvalue weighted by molar-refractivity contribution is 0.0600. The molecule has 0 aromatic heterocycles. The van der Waals surface area contributed by atoms with Crippen molar-refractivity contribution in [1.29, 1.82) is 0 Å². The van der Waals surface area contributed by atoms with Crippen molar-refractivity contribution >= 4 is 27.6 Å². The number of halogens is 1. The Morgan fingerprint density at radius 3 is 2.32 bits per heavy atom. The van der Waals surface area contributed by atoms with Gasteiger partial charge in [0.05, 0.1) is 17.6 Å². The van der Waals surface area contributed by atoms with Gasteiger partial charge in [-0.15, -0.1) is 0 Å². The maximum absolute atomic E-state index is 13.0. The van der Waals surface area contributed by atoms with Crippen LogP contribution in [0.3, 0.4) is 0 Å². The fourth-order valence-corrected chi connectivity index (χ4v) is 4.82. The Hall–Kier alpha value is -1.93. The summed E-state index contributed by atoms with van der Waals surface area (Å²) < 4.78 is 32.1. The molecule has 2 aromatic carbocycles. The van der Waals surface area contributed by atoms with Gasteiger partial charge in [-0.05, 0) is 54.9 Å². The van der Waals surface area contributed by atoms with Gasteiger partial charge in [-0.2, -0.15) is 4.31 Å². The van der Waals surface area contributed by atoms with Crippen LogP contribution in [0.1, 0.15) is 22.3 Å². The molecule has 0 unspecified atom stereocenters. The molecule has 2 aromatic rings. The number of nitrogens with zero attached hydrogens (tertiary/aromatic N) is 2. The highest BCUT2D eigenvalue weighted by Gasteiger charge is 2.27. The van der Waals surface area contributed by atoms with Gasteiger partial charge in [0.1, 0.15) is 0 Å². The number of carbonyl (C=O) groups is 1. The minimum atomic E-state index is -3.60. The van der Waals surface area contributed by atoms with Gasteiger partial charge < -0.3 is 4.74 Å². The van der Waals surface area contributed by atoms with Crippen LogP contribution in [0.25, 0.3) is 0 Å². The smallest absolute Gasteiger partial charge is 0.337 e. The normalized spacial score (nSPS) is 16.5. The van der Waals surface area contributed by atoms with Crippen molar-refractivity contribution in [2.24, 2.45) is 0 Å². The summed E-state index contributed by atoms with van der Waals surface area (Å²) in [5.41, 5.74) is 1.48. The van der Waals surface area contributed by atoms with E-state index < -0.39 is 16.0 Å². The number of ether oxygens (including phenoxy) is 1. The van der Waals surface area contributed by atoms with Gasteiger partial charge in [0.2, 0.25) is 10.0 Å². The van der Waals surface area contributed by atoms with Gasteiger partial charge in [0, 0.05) is 31.2 Å². The highest BCUT2D eigenvalue weighted by Crippen LogP contribution is 2.20. The predicted octanol–water partition coefficient (Wildman–Crippen LogP) is 3.02. The van der Waals surface area contributed by atoms with Crippen LogP contribution in [0.2, 0.25) is 5.02 Å². The third-order valence-electron chi connectivity index (χ3n) is 4.78. The van der Waals surface area contributed by atoms with E-state index in [-0.39, 0.29) is 4.90 Å². The first-order chi connectivity index (χ1) is 13.4. The van der Waals surface area contributed by atoms with E-state index in [0.717, 1.165) is 25.1 Å². The van der Waals surface area contributed by atoms with Gasteiger partial charge in [0.25, 0.3) is 0 Å². The van der Waals surface area contributed by atoms with Crippen LogP contribution >= 0.6 is 11.6 Å². The standard InChI is InChI=1S/C20H23ClN2O4S/c1-27-20(24)17-5-9-19(10-6-17)28(25,26)23-12-2-11-22(13-14-23)15-16-3-7-18(21)8-4-16/h3-10H,2,11-15H2,1H3. The van der Waals surface area contributed by atoms with Gasteiger partial charge in [0.15, 0.2) is 0 Å². The molecule has 0 bridgehead atoms. The van der Waals surface area contributed by atoms with E-state index in [1.807, 2.05) is 24.3 Å². The van der Waals surface area contributed by atoms with Crippen LogP contribution in [0.4, 0.5) is 0 Å². The van der Waals surface area contributed by atoms with Crippen LogP contribution in [-0.2, 0) is 21.3 Å². The Labute approximate surface area is 170 Å². The lowest BCUT2D eigenvalue weighted by atomic mass is 10.2. The van der Waals surface area contributed by atoms with Crippen LogP contribution < -0.4 is 0 Å². The van der Waals surface area contributed by atoms with Crippen molar-refractivity contribution < 1.29 is 17.9 Å². The summed E-state index contributed by atoms with van der Waals surface area (Å²) in [7, 11) is -2.31. The first-order valence-corrected chi connectivity index (χ1v) is 10.9. The molecule has 150 valence electrons. The van der Waals surface area contributed by atoms with Gasteiger partial charge in [-0.25, -0.2) is 13.2 Å². The van der Waals surface area contributed by atoms with E-state index in [2.05, 4.69) is 9.64 Å². The SMILES string of the molecule is COC(=O)c1ccc(S(=O)(=O)N2CCCN(Cc3ccc(Cl)cc3)CC2)cc1. The monoisotopic (exact) mass is 422 g/mol. The molecule has 1 saturated heterocycles. The predicted molar refractivity (Wildman–Crippen MR) is 108 cm³/mol. The number of methoxy groups -OCH3 is 1. The second-order valence-electron chi connectivity index (χ2n) is 6.68. The van der Waals surface area contributed by atoms with Gasteiger partial charge >= 0.3 is 5.97 Å². The lowest BCUT2D eigenvalue weighted by Gasteiger charge is -2.22. The minimum absolute atomic E-state index is 0.186. The van der Waals surface area contributed by atoms with Crippen LogP contribution in [-0.4, -0.2) is 56.9 Å². The lowest BCUT2D eigenvalue weighted by Crippen LogP contribution is -2.35. The van der Waals surface area contributed by atoms with E-state index in [4.69, 9.17) is 11.6 Å². The molecule has 3 rings (SSSR count). The van der Waals surface area contributed by atoms with Crippen molar-refractivity contribution in [2.45, 2.75) is 17.9 Å². The second kappa shape index (κ2) is 9.05. The number of carbonyl (C=O) groups excluding carboxylic acids is 1. The molecule has 28 heavy (non-hydrogen) atoms. The molecule has 6 nitrogen and oxygen atoms in total. The molecule has 1 fully saturated rings. The molecule has 0 spiro atoms. The number of hydrogen-bond donors (Lipinski definition) is 0. The van der Waals surface area contributed by atoms with E-state index >= 15 is 0 Å². The summed E-state index contributed by atoms with van der Waals surface area (Å²) in [5, 5.41) is 0.704. The van der Waals surface area contributed by atoms with E-state index in [9.17, 15) is 13.2 Å². The molecule has 0 radical (unpaired) electrons. The van der Waals surface area contributed by atoms with Crippen molar-refractivity contribution in [2.75, 3.05) is 33.3 Å². The van der Waals surface area contributed by atoms with E-state index in [1.54, 1.807) is 0 Å². The average molecular weight is 423 g/mol. The summed E-state index contributed by atoms with van der Waals surface area (Å²) in [6.45, 7) is 3.14. The Bertz CT molecular complexity index is 914. The molecule has 1 aliphatic heterocycles. The molecule has 0 N–H and O–H groups in total. The molecule has 8 heteroatoms. The van der Waals surface area contributed by atoms with Crippen molar-refractivity contribution in [1.82, 2.24) is 9.21 Å². The Kier molecular flexibility index (Phi) is 6.72. The first-order valence-electron chi connectivity index (χ1n) is 9.05. The zero-order valence-corrected chi connectivity index (χ0v) is 17.2. The number of rotatable bonds is 5. The second-order valence-corrected chi connectivity index (χ2v) is 9.05. The molecule has 0 aliphatic carbocycles. The molecule has 0 saturated carbocycles. The Morgan fingerprint density at radius 2 is 1.68 bits per heavy atom. The third-order valence-corrected chi connectivity index (χ3v) is 6.94. The van der Waals surface area contributed by atoms with E-state index in [1.165, 1.54) is 35.7 Å². The van der Waals surface area contributed by atoms with E-state index in [0.29, 0.717) is 30.2 Å². The van der Waals surface area contributed by atoms with Crippen LogP contribution in [0, 0.1) is 0 Å². The summed E-state index contributed by atoms with van der Waals surface area (Å²) >= 11 is 5.93. The largest absolute Gasteiger partial charge is 0.465 e. The molecular weight excluding hydrogens is 400 g/mol. The van der Waals surface area contributed by atoms with Crippen molar-refractivity contribution in [3.8, 4) is 0 Å². The van der Waals surface area contributed by atoms with Crippen molar-refractivity contribution in [3.05, 3.63) is 64.7 Å². The molecule has 0 atom stereocenters. The average Bonchev–Trinajstić information content (AvgIpc) is 2.95. The quantitative estimate of drug-likeness (QED) is 0.693. The molecule has 0 amide bonds. The zero-order valence-electron chi connectivity index (χ0n) is 15.7. The third kappa shape index (κ3) is 4.91. The number of sulfonamides is 1. The minimum Gasteiger partial charge on any atom is -0.465 e. The molecular formula is C20H23ClN2O4S. The maximum atomic E-state index is 13.0. The van der Waals surface area contributed by atoms with Gasteiger partial charge in [-0.3, -0.25) is 4.90 Å². The summed E-state index contributed by atoms with van der Waals surface area (Å²) in [4.78, 5) is 14.0. The first kappa shape index (κ1) is 20.8. The summed E-state index contributed by atoms with van der Waals surface area (Å²) in [6, 6.07) is 13.6. The number of benzene rings is 2. The molecule has 1 aliphatic rings. The Morgan fingerprint density at radius 1 is 1.00 bits per heavy atom. The van der Waals surface area contributed by atoms with Crippen LogP contribution in [0.5, 0.6) is 0 Å². The van der Waals surface area contributed by atoms with Crippen LogP contribution in [0.15, 0.2) is 53.4 Å². The highest BCUT2D eigenvalue weighted by atomic mass is 35.5. The van der Waals surface area contributed by atoms with Gasteiger partial charge in [-0.1, -0.05) is 23.7 Å². The fourth-order valence-electron chi connectivity index (χ4n) is 3.22. The molecule has 1 heterocycles. The Balaban J connectivity index is 1.66. The summed E-state index contributed by atoms with van der Waals surface area (Å²) in [6.07, 6.45) is 0.757. The topological polar surface area (TPSA) is 66.9 Å². The highest BCUT2D eigenvalue weighted by molar-refractivity contribution is 7.89. The maximum Gasteiger partial charge on any atom is 0.337 e.